The topological polar surface area (TPSA) is 485 Å². The van der Waals surface area contributed by atoms with Gasteiger partial charge in [0.1, 0.15) is 84.3 Å². The Labute approximate surface area is 629 Å². The van der Waals surface area contributed by atoms with E-state index in [1.807, 2.05) is 13.8 Å². The molecule has 0 aliphatic carbocycles. The number of ether oxygens (including phenoxy) is 1. The number of hydrogen-bond donors (Lipinski definition) is 15. The average molecular weight is 1510 g/mol. The van der Waals surface area contributed by atoms with Gasteiger partial charge in [-0.15, -0.1) is 0 Å². The summed E-state index contributed by atoms with van der Waals surface area (Å²) in [5.74, 6) is -16.2. The molecular weight excluding hydrogens is 1380 g/mol. The molecule has 0 bridgehead atoms. The molecule has 16 atom stereocenters. The third-order valence-electron chi connectivity index (χ3n) is 19.3. The molecular formula is C75H123N15O17. The summed E-state index contributed by atoms with van der Waals surface area (Å²) >= 11 is 0. The van der Waals surface area contributed by atoms with Gasteiger partial charge in [-0.05, 0) is 113 Å². The second-order valence-corrected chi connectivity index (χ2v) is 30.0. The fourth-order valence-electron chi connectivity index (χ4n) is 12.2. The van der Waals surface area contributed by atoms with Gasteiger partial charge in [0, 0.05) is 25.8 Å². The van der Waals surface area contributed by atoms with Crippen molar-refractivity contribution in [2.24, 2.45) is 52.9 Å². The summed E-state index contributed by atoms with van der Waals surface area (Å²) in [5, 5.41) is 42.8. The van der Waals surface area contributed by atoms with E-state index in [1.54, 1.807) is 113 Å². The Hall–Kier alpha value is -9.07. The van der Waals surface area contributed by atoms with Crippen molar-refractivity contribution in [3.8, 4) is 0 Å². The number of benzene rings is 1. The van der Waals surface area contributed by atoms with Gasteiger partial charge in [-0.2, -0.15) is 0 Å². The molecule has 2 aliphatic heterocycles. The van der Waals surface area contributed by atoms with Gasteiger partial charge >= 0.3 is 5.97 Å². The van der Waals surface area contributed by atoms with Gasteiger partial charge in [0.2, 0.25) is 76.8 Å². The molecule has 1 aromatic rings. The summed E-state index contributed by atoms with van der Waals surface area (Å²) in [7, 11) is 0. The van der Waals surface area contributed by atoms with Crippen LogP contribution in [-0.4, -0.2) is 196 Å². The number of hydrogen-bond acceptors (Lipinski definition) is 18. The predicted octanol–water partition coefficient (Wildman–Crippen LogP) is 0.446. The molecule has 107 heavy (non-hydrogen) atoms. The second-order valence-electron chi connectivity index (χ2n) is 30.0. The van der Waals surface area contributed by atoms with E-state index in [4.69, 9.17) is 16.2 Å². The first-order valence-electron chi connectivity index (χ1n) is 37.8. The lowest BCUT2D eigenvalue weighted by molar-refractivity contribution is -0.157. The first-order chi connectivity index (χ1) is 50.2. The molecule has 32 nitrogen and oxygen atoms in total. The lowest BCUT2D eigenvalue weighted by Gasteiger charge is -2.33. The fourth-order valence-corrected chi connectivity index (χ4v) is 12.2. The van der Waals surface area contributed by atoms with Crippen LogP contribution in [-0.2, 0) is 83.1 Å². The number of nitrogens with two attached hydrogens (primary N) is 2. The number of esters is 1. The van der Waals surface area contributed by atoms with Crippen LogP contribution in [0, 0.1) is 41.4 Å². The summed E-state index contributed by atoms with van der Waals surface area (Å²) in [6.45, 7) is 27.9. The van der Waals surface area contributed by atoms with E-state index in [0.717, 1.165) is 6.42 Å². The van der Waals surface area contributed by atoms with Crippen LogP contribution in [0.4, 0.5) is 0 Å². The maximum Gasteiger partial charge on any atom is 0.329 e. The quantitative estimate of drug-likeness (QED) is 0.0324. The number of carbonyl (C=O) groups excluding carboxylic acids is 15. The Morgan fingerprint density at radius 3 is 1.72 bits per heavy atom. The number of nitrogens with zero attached hydrogens (tertiary/aromatic N) is 1. The van der Waals surface area contributed by atoms with E-state index in [-0.39, 0.29) is 70.2 Å². The van der Waals surface area contributed by atoms with Crippen molar-refractivity contribution >= 4 is 88.7 Å². The van der Waals surface area contributed by atoms with Crippen LogP contribution in [0.25, 0.3) is 0 Å². The van der Waals surface area contributed by atoms with Gasteiger partial charge in [-0.1, -0.05) is 153 Å². The summed E-state index contributed by atoms with van der Waals surface area (Å²) in [6.07, 6.45) is 0.0482. The molecule has 2 aliphatic rings. The zero-order valence-electron chi connectivity index (χ0n) is 65.6. The molecule has 0 unspecified atom stereocenters. The van der Waals surface area contributed by atoms with Gasteiger partial charge in [-0.25, -0.2) is 4.79 Å². The molecule has 14 amide bonds. The molecule has 1 aromatic carbocycles. The third kappa shape index (κ3) is 28.9. The van der Waals surface area contributed by atoms with Gasteiger partial charge in [0.05, 0.1) is 6.10 Å². The minimum Gasteiger partial charge on any atom is -0.458 e. The normalized spacial score (nSPS) is 22.3. The number of cyclic esters (lactones) is 1. The monoisotopic (exact) mass is 1510 g/mol. The summed E-state index contributed by atoms with van der Waals surface area (Å²) in [6, 6.07) is -8.27. The Balaban J connectivity index is 2.00. The second kappa shape index (κ2) is 44.9. The smallest absolute Gasteiger partial charge is 0.329 e. The first kappa shape index (κ1) is 92.1. The van der Waals surface area contributed by atoms with E-state index >= 15 is 9.59 Å². The highest BCUT2D eigenvalue weighted by molar-refractivity contribution is 6.03. The van der Waals surface area contributed by atoms with Crippen molar-refractivity contribution < 1.29 is 81.8 Å². The number of nitrogens with one attached hydrogen (secondary N) is 12. The van der Waals surface area contributed by atoms with Gasteiger partial charge in [0.15, 0.2) is 0 Å². The van der Waals surface area contributed by atoms with E-state index in [1.165, 1.54) is 31.7 Å². The number of amides is 14. The van der Waals surface area contributed by atoms with Gasteiger partial charge < -0.3 is 90.0 Å². The molecule has 0 radical (unpaired) electrons. The van der Waals surface area contributed by atoms with Crippen LogP contribution in [0.5, 0.6) is 0 Å². The van der Waals surface area contributed by atoms with E-state index in [9.17, 15) is 67.4 Å². The van der Waals surface area contributed by atoms with Gasteiger partial charge in [-0.3, -0.25) is 67.1 Å². The number of likely N-dealkylation sites (tertiary alicyclic amines) is 1. The van der Waals surface area contributed by atoms with E-state index in [2.05, 4.69) is 63.8 Å². The molecule has 600 valence electrons. The fraction of sp³-hybridized carbons (Fsp3) is 0.693. The SMILES string of the molecule is C/C=C1\NC(=O)[C@H](Cc2ccccc2)NC(=O)[C@@H](C(C)C)NC(=O)[C@@H]([C@@H](C)CC)NC(=O)[C@H](NC(=O)[C@H](NC(=O)[C@H](CCCN)NC(=O)[C@H]2CCCN2C(=O)[C@H](NC(=O)[C@@H](NC(=O)[C@@H](NC(=O)[C@@H](CCC(N)=O)NC(=O)CCCC(C)C)[C@@H](C)O)C(C)C)C(C)C)[C@@H](C)CC)[C@@H](C)OC(=O)[C@H](C(C)C)NC1=O. The van der Waals surface area contributed by atoms with Crippen molar-refractivity contribution in [1.29, 1.82) is 0 Å². The lowest BCUT2D eigenvalue weighted by Crippen LogP contribution is -2.64. The molecule has 2 saturated heterocycles. The number of aliphatic hydroxyl groups is 1. The van der Waals surface area contributed by atoms with Crippen molar-refractivity contribution in [1.82, 2.24) is 68.7 Å². The lowest BCUT2D eigenvalue weighted by atomic mass is 9.95. The molecule has 32 heteroatoms. The summed E-state index contributed by atoms with van der Waals surface area (Å²) in [5.41, 5.74) is 11.7. The summed E-state index contributed by atoms with van der Waals surface area (Å²) < 4.78 is 5.96. The molecule has 0 spiro atoms. The maximum atomic E-state index is 15.0. The van der Waals surface area contributed by atoms with Crippen LogP contribution >= 0.6 is 0 Å². The van der Waals surface area contributed by atoms with Crippen LogP contribution in [0.15, 0.2) is 42.1 Å². The van der Waals surface area contributed by atoms with Crippen molar-refractivity contribution in [3.05, 3.63) is 47.7 Å². The van der Waals surface area contributed by atoms with Crippen LogP contribution in [0.1, 0.15) is 194 Å². The van der Waals surface area contributed by atoms with Crippen LogP contribution < -0.4 is 75.3 Å². The van der Waals surface area contributed by atoms with E-state index in [0.29, 0.717) is 30.7 Å². The van der Waals surface area contributed by atoms with Crippen LogP contribution in [0.3, 0.4) is 0 Å². The van der Waals surface area contributed by atoms with Crippen LogP contribution in [0.2, 0.25) is 0 Å². The molecule has 3 rings (SSSR count). The number of aliphatic hydroxyl groups excluding tert-OH is 1. The highest BCUT2D eigenvalue weighted by atomic mass is 16.5. The molecule has 2 fully saturated rings. The largest absolute Gasteiger partial charge is 0.458 e. The molecule has 0 saturated carbocycles. The highest BCUT2D eigenvalue weighted by Crippen LogP contribution is 2.23. The number of carbonyl (C=O) groups is 15. The standard InChI is InChI=1S/C75H123N15O17/c1-18-43(14)59(71(102)89-62-46(17)107-75(106)58(42(12)13)85-63(94)48(20-3)79-66(97)51(37-47-28-22-21-23-29-47)81-68(99)55(39(6)7)82-70(101)60(44(15)19-2)87-73(62)104)86-64(95)49(30-25-35-76)80-67(98)52-31-26-36-90(52)74(105)57(41(10)11)84-69(100)56(40(8)9)83-72(103)61(45(16)91)88-65(96)50(33-34-53(77)92)78-54(93)32-24-27-38(4)5/h20-23,28-29,38-46,49-52,55-62,91H,18-19,24-27,30-37,76H2,1-17H3,(H2,77,92)(H,78,93)(H,79,97)(H,80,98)(H,81,99)(H,82,101)(H,83,103)(H,84,100)(H,85,94)(H,86,95)(H,87,104)(H,88,96)(H,89,102)/b48-20-/t43-,44-,45+,46+,49-,50+,51-,52+,55+,56-,57+,58-,59+,60+,61-,62+/m0/s1. The minimum absolute atomic E-state index is 0.0411. The van der Waals surface area contributed by atoms with Crippen molar-refractivity contribution in [2.75, 3.05) is 13.1 Å². The predicted molar refractivity (Wildman–Crippen MR) is 399 cm³/mol. The zero-order valence-corrected chi connectivity index (χ0v) is 65.6. The Kier molecular flexibility index (Phi) is 38.7. The first-order valence-corrected chi connectivity index (χ1v) is 37.8. The van der Waals surface area contributed by atoms with E-state index < -0.39 is 209 Å². The minimum atomic E-state index is -1.84. The molecule has 2 heterocycles. The zero-order chi connectivity index (χ0) is 80.9. The number of rotatable bonds is 35. The highest BCUT2D eigenvalue weighted by Gasteiger charge is 2.44. The Morgan fingerprint density at radius 2 is 1.18 bits per heavy atom. The van der Waals surface area contributed by atoms with Crippen molar-refractivity contribution in [3.63, 3.8) is 0 Å². The average Bonchev–Trinajstić information content (AvgIpc) is 1.80. The molecule has 17 N–H and O–H groups in total. The Bertz CT molecular complexity index is 3250. The third-order valence-corrected chi connectivity index (χ3v) is 19.3. The van der Waals surface area contributed by atoms with Gasteiger partial charge in [0.25, 0.3) is 5.91 Å². The number of allylic oxidation sites excluding steroid dienone is 1. The Morgan fingerprint density at radius 1 is 0.617 bits per heavy atom. The van der Waals surface area contributed by atoms with Crippen molar-refractivity contribution in [2.45, 2.75) is 279 Å². The maximum absolute atomic E-state index is 15.0. The number of primary amides is 1. The summed E-state index contributed by atoms with van der Waals surface area (Å²) in [4.78, 5) is 214. The molecule has 0 aromatic heterocycles.